The molecule has 7 heteroatoms. The highest BCUT2D eigenvalue weighted by molar-refractivity contribution is 9.10. The van der Waals surface area contributed by atoms with Crippen molar-refractivity contribution < 1.29 is 18.7 Å². The van der Waals surface area contributed by atoms with E-state index < -0.39 is 0 Å². The van der Waals surface area contributed by atoms with Crippen molar-refractivity contribution in [3.8, 4) is 17.1 Å². The molecule has 0 spiro atoms. The lowest BCUT2D eigenvalue weighted by atomic mass is 9.95. The van der Waals surface area contributed by atoms with Gasteiger partial charge in [0.1, 0.15) is 23.0 Å². The molecule has 0 saturated heterocycles. The SMILES string of the molecule is COc1ccc(C(=O)N/C(=C\c2ccc(-c3ccc(Br)cc3)o2)C(=O)NC2CCCCC2)cc1. The average molecular weight is 523 g/mol. The summed E-state index contributed by atoms with van der Waals surface area (Å²) in [6, 6.07) is 18.2. The van der Waals surface area contributed by atoms with Crippen LogP contribution >= 0.6 is 15.9 Å². The molecule has 1 aliphatic rings. The number of amides is 2. The minimum absolute atomic E-state index is 0.109. The molecule has 0 radical (unpaired) electrons. The van der Waals surface area contributed by atoms with Gasteiger partial charge in [-0.3, -0.25) is 9.59 Å². The zero-order valence-corrected chi connectivity index (χ0v) is 20.6. The molecular formula is C27H27BrN2O4. The highest BCUT2D eigenvalue weighted by Crippen LogP contribution is 2.25. The van der Waals surface area contributed by atoms with Crippen molar-refractivity contribution in [2.24, 2.45) is 0 Å². The van der Waals surface area contributed by atoms with E-state index >= 15 is 0 Å². The molecule has 0 unspecified atom stereocenters. The molecule has 2 aromatic carbocycles. The largest absolute Gasteiger partial charge is 0.497 e. The molecule has 3 aromatic rings. The van der Waals surface area contributed by atoms with E-state index in [0.717, 1.165) is 35.7 Å². The van der Waals surface area contributed by atoms with E-state index in [2.05, 4.69) is 26.6 Å². The van der Waals surface area contributed by atoms with E-state index in [1.54, 1.807) is 43.5 Å². The zero-order chi connectivity index (χ0) is 23.9. The van der Waals surface area contributed by atoms with Crippen molar-refractivity contribution in [1.29, 1.82) is 0 Å². The molecule has 1 saturated carbocycles. The molecule has 2 amide bonds. The van der Waals surface area contributed by atoms with E-state index in [9.17, 15) is 9.59 Å². The van der Waals surface area contributed by atoms with Crippen LogP contribution in [0.4, 0.5) is 0 Å². The Morgan fingerprint density at radius 3 is 2.35 bits per heavy atom. The summed E-state index contributed by atoms with van der Waals surface area (Å²) >= 11 is 3.43. The smallest absolute Gasteiger partial charge is 0.268 e. The second-order valence-electron chi connectivity index (χ2n) is 8.26. The van der Waals surface area contributed by atoms with Crippen molar-refractivity contribution in [2.75, 3.05) is 7.11 Å². The molecular weight excluding hydrogens is 496 g/mol. The molecule has 0 bridgehead atoms. The first-order chi connectivity index (χ1) is 16.5. The van der Waals surface area contributed by atoms with E-state index in [1.807, 2.05) is 30.3 Å². The Balaban J connectivity index is 1.57. The van der Waals surface area contributed by atoms with Gasteiger partial charge in [0.2, 0.25) is 0 Å². The van der Waals surface area contributed by atoms with E-state index in [0.29, 0.717) is 22.8 Å². The number of rotatable bonds is 7. The Hall–Kier alpha value is -3.32. The second-order valence-corrected chi connectivity index (χ2v) is 9.17. The Morgan fingerprint density at radius 1 is 0.971 bits per heavy atom. The van der Waals surface area contributed by atoms with Gasteiger partial charge in [-0.15, -0.1) is 0 Å². The van der Waals surface area contributed by atoms with E-state index in [4.69, 9.17) is 9.15 Å². The topological polar surface area (TPSA) is 80.6 Å². The van der Waals surface area contributed by atoms with Gasteiger partial charge in [-0.05, 0) is 61.4 Å². The van der Waals surface area contributed by atoms with Crippen molar-refractivity contribution >= 4 is 33.8 Å². The summed E-state index contributed by atoms with van der Waals surface area (Å²) in [6.45, 7) is 0. The van der Waals surface area contributed by atoms with Crippen molar-refractivity contribution in [3.63, 3.8) is 0 Å². The van der Waals surface area contributed by atoms with Crippen LogP contribution in [0, 0.1) is 0 Å². The van der Waals surface area contributed by atoms with Gasteiger partial charge in [-0.1, -0.05) is 47.3 Å². The molecule has 4 rings (SSSR count). The number of methoxy groups -OCH3 is 1. The number of hydrogen-bond donors (Lipinski definition) is 2. The van der Waals surface area contributed by atoms with Crippen molar-refractivity contribution in [2.45, 2.75) is 38.1 Å². The molecule has 1 aromatic heterocycles. The Bertz CT molecular complexity index is 1160. The molecule has 1 aliphatic carbocycles. The third kappa shape index (κ3) is 6.17. The maximum atomic E-state index is 13.1. The van der Waals surface area contributed by atoms with Crippen LogP contribution in [0.2, 0.25) is 0 Å². The number of benzene rings is 2. The summed E-state index contributed by atoms with van der Waals surface area (Å²) < 4.78 is 12.1. The lowest BCUT2D eigenvalue weighted by molar-refractivity contribution is -0.118. The number of carbonyl (C=O) groups excluding carboxylic acids is 2. The van der Waals surface area contributed by atoms with E-state index in [-0.39, 0.29) is 23.6 Å². The van der Waals surface area contributed by atoms with Crippen LogP contribution in [0.5, 0.6) is 5.75 Å². The first-order valence-electron chi connectivity index (χ1n) is 11.4. The number of hydrogen-bond acceptors (Lipinski definition) is 4. The number of ether oxygens (including phenoxy) is 1. The quantitative estimate of drug-likeness (QED) is 0.376. The summed E-state index contributed by atoms with van der Waals surface area (Å²) in [5, 5.41) is 5.84. The van der Waals surface area contributed by atoms with Gasteiger partial charge in [-0.25, -0.2) is 0 Å². The van der Waals surface area contributed by atoms with Crippen molar-refractivity contribution in [1.82, 2.24) is 10.6 Å². The van der Waals surface area contributed by atoms with Crippen LogP contribution in [-0.2, 0) is 4.79 Å². The minimum Gasteiger partial charge on any atom is -0.497 e. The highest BCUT2D eigenvalue weighted by Gasteiger charge is 2.21. The maximum absolute atomic E-state index is 13.1. The minimum atomic E-state index is -0.382. The Morgan fingerprint density at radius 2 is 1.68 bits per heavy atom. The predicted octanol–water partition coefficient (Wildman–Crippen LogP) is 5.94. The number of carbonyl (C=O) groups is 2. The van der Waals surface area contributed by atoms with Crippen LogP contribution < -0.4 is 15.4 Å². The summed E-state index contributed by atoms with van der Waals surface area (Å²) in [6.07, 6.45) is 6.84. The average Bonchev–Trinajstić information content (AvgIpc) is 3.33. The van der Waals surface area contributed by atoms with Gasteiger partial charge in [0.15, 0.2) is 0 Å². The van der Waals surface area contributed by atoms with Gasteiger partial charge in [0.25, 0.3) is 11.8 Å². The summed E-state index contributed by atoms with van der Waals surface area (Å²) in [4.78, 5) is 26.0. The first-order valence-corrected chi connectivity index (χ1v) is 12.1. The fourth-order valence-corrected chi connectivity index (χ4v) is 4.21. The molecule has 0 atom stereocenters. The molecule has 0 aliphatic heterocycles. The van der Waals surface area contributed by atoms with Gasteiger partial charge < -0.3 is 19.8 Å². The standard InChI is InChI=1S/C27H27BrN2O4/c1-33-22-13-9-19(10-14-22)26(31)30-24(27(32)29-21-5-3-2-4-6-21)17-23-15-16-25(34-23)18-7-11-20(28)12-8-18/h7-17,21H,2-6H2,1H3,(H,29,32)(H,30,31)/b24-17-. The summed E-state index contributed by atoms with van der Waals surface area (Å²) in [5.41, 5.74) is 1.48. The second kappa shape index (κ2) is 11.2. The molecule has 1 heterocycles. The van der Waals surface area contributed by atoms with Gasteiger partial charge in [0.05, 0.1) is 7.11 Å². The van der Waals surface area contributed by atoms with Crippen LogP contribution in [-0.4, -0.2) is 25.0 Å². The molecule has 34 heavy (non-hydrogen) atoms. The maximum Gasteiger partial charge on any atom is 0.268 e. The van der Waals surface area contributed by atoms with E-state index in [1.165, 1.54) is 6.42 Å². The molecule has 1 fully saturated rings. The molecule has 176 valence electrons. The van der Waals surface area contributed by atoms with Crippen molar-refractivity contribution in [3.05, 3.63) is 82.2 Å². The van der Waals surface area contributed by atoms with Crippen LogP contribution in [0.3, 0.4) is 0 Å². The fraction of sp³-hybridized carbons (Fsp3) is 0.259. The lowest BCUT2D eigenvalue weighted by Crippen LogP contribution is -2.41. The zero-order valence-electron chi connectivity index (χ0n) is 19.0. The summed E-state index contributed by atoms with van der Waals surface area (Å²) in [5.74, 6) is 1.09. The van der Waals surface area contributed by atoms with Crippen LogP contribution in [0.1, 0.15) is 48.2 Å². The normalized spacial score (nSPS) is 14.5. The third-order valence-corrected chi connectivity index (χ3v) is 6.36. The van der Waals surface area contributed by atoms with Gasteiger partial charge in [-0.2, -0.15) is 0 Å². The molecule has 2 N–H and O–H groups in total. The predicted molar refractivity (Wildman–Crippen MR) is 135 cm³/mol. The first kappa shape index (κ1) is 23.8. The molecule has 6 nitrogen and oxygen atoms in total. The fourth-order valence-electron chi connectivity index (χ4n) is 3.95. The summed E-state index contributed by atoms with van der Waals surface area (Å²) in [7, 11) is 1.57. The van der Waals surface area contributed by atoms with Gasteiger partial charge in [0, 0.05) is 27.7 Å². The lowest BCUT2D eigenvalue weighted by Gasteiger charge is -2.23. The Labute approximate surface area is 207 Å². The number of furan rings is 1. The Kier molecular flexibility index (Phi) is 7.85. The number of halogens is 1. The number of nitrogens with one attached hydrogen (secondary N) is 2. The van der Waals surface area contributed by atoms with Crippen LogP contribution in [0.25, 0.3) is 17.4 Å². The van der Waals surface area contributed by atoms with Crippen LogP contribution in [0.15, 0.2) is 75.3 Å². The monoisotopic (exact) mass is 522 g/mol. The highest BCUT2D eigenvalue weighted by atomic mass is 79.9. The third-order valence-electron chi connectivity index (χ3n) is 5.83. The van der Waals surface area contributed by atoms with Gasteiger partial charge >= 0.3 is 0 Å².